The molecule has 0 aromatic carbocycles. The van der Waals surface area contributed by atoms with Crippen LogP contribution in [0.4, 0.5) is 0 Å². The lowest BCUT2D eigenvalue weighted by atomic mass is 9.80. The Labute approximate surface area is 108 Å². The molecule has 96 valence electrons. The maximum atomic E-state index is 5.58. The summed E-state index contributed by atoms with van der Waals surface area (Å²) in [7, 11) is 0. The summed E-state index contributed by atoms with van der Waals surface area (Å²) in [5.74, 6) is 0.543. The maximum Gasteiger partial charge on any atom is 0.113 e. The normalized spacial score (nSPS) is 24.1. The second kappa shape index (κ2) is 5.46. The number of ether oxygens (including phenoxy) is 1. The summed E-state index contributed by atoms with van der Waals surface area (Å²) >= 11 is 1.75. The minimum atomic E-state index is -0.00116. The van der Waals surface area contributed by atoms with Gasteiger partial charge in [0.1, 0.15) is 5.01 Å². The molecule has 0 spiro atoms. The summed E-state index contributed by atoms with van der Waals surface area (Å²) in [6.07, 6.45) is 4.10. The number of rotatable bonds is 5. The molecule has 2 heterocycles. The van der Waals surface area contributed by atoms with Gasteiger partial charge in [0.05, 0.1) is 12.1 Å². The average Bonchev–Trinajstić information content (AvgIpc) is 2.97. The lowest BCUT2D eigenvalue weighted by Crippen LogP contribution is -2.51. The highest BCUT2D eigenvalue weighted by molar-refractivity contribution is 7.09. The number of thiazole rings is 1. The van der Waals surface area contributed by atoms with Crippen molar-refractivity contribution in [3.8, 4) is 0 Å². The van der Waals surface area contributed by atoms with Crippen LogP contribution in [-0.4, -0.2) is 24.2 Å². The summed E-state index contributed by atoms with van der Waals surface area (Å²) in [5, 5.41) is 7.03. The number of aromatic nitrogens is 1. The molecule has 1 aromatic heterocycles. The highest BCUT2D eigenvalue weighted by Gasteiger charge is 2.43. The topological polar surface area (TPSA) is 34.2 Å². The zero-order chi connectivity index (χ0) is 12.3. The van der Waals surface area contributed by atoms with Crippen LogP contribution in [0.5, 0.6) is 0 Å². The van der Waals surface area contributed by atoms with Gasteiger partial charge in [0.2, 0.25) is 0 Å². The fraction of sp³-hybridized carbons (Fsp3) is 0.769. The summed E-state index contributed by atoms with van der Waals surface area (Å²) < 4.78 is 5.58. The number of hydrogen-bond acceptors (Lipinski definition) is 4. The van der Waals surface area contributed by atoms with Crippen LogP contribution in [0.15, 0.2) is 11.6 Å². The first-order valence-electron chi connectivity index (χ1n) is 6.44. The Bertz CT molecular complexity index is 333. The van der Waals surface area contributed by atoms with E-state index in [9.17, 15) is 0 Å². The van der Waals surface area contributed by atoms with Gasteiger partial charge >= 0.3 is 0 Å². The van der Waals surface area contributed by atoms with E-state index in [0.29, 0.717) is 12.0 Å². The molecule has 0 bridgehead atoms. The second-order valence-electron chi connectivity index (χ2n) is 5.02. The van der Waals surface area contributed by atoms with Gasteiger partial charge in [0.25, 0.3) is 0 Å². The number of hydrogen-bond donors (Lipinski definition) is 1. The second-order valence-corrected chi connectivity index (χ2v) is 5.92. The molecule has 1 N–H and O–H groups in total. The monoisotopic (exact) mass is 254 g/mol. The Kier molecular flexibility index (Phi) is 4.17. The van der Waals surface area contributed by atoms with Crippen molar-refractivity contribution in [3.05, 3.63) is 16.6 Å². The van der Waals surface area contributed by atoms with Gasteiger partial charge in [0, 0.05) is 30.1 Å². The largest absolute Gasteiger partial charge is 0.381 e. The highest BCUT2D eigenvalue weighted by Crippen LogP contribution is 2.39. The molecule has 0 radical (unpaired) electrons. The molecular formula is C13H22N2OS. The van der Waals surface area contributed by atoms with E-state index in [1.165, 1.54) is 5.01 Å². The molecule has 2 rings (SSSR count). The zero-order valence-corrected chi connectivity index (χ0v) is 11.7. The zero-order valence-electron chi connectivity index (χ0n) is 10.9. The molecule has 3 nitrogen and oxygen atoms in total. The van der Waals surface area contributed by atoms with Crippen molar-refractivity contribution < 1.29 is 4.74 Å². The fourth-order valence-electron chi connectivity index (χ4n) is 2.78. The quantitative estimate of drug-likeness (QED) is 0.877. The van der Waals surface area contributed by atoms with E-state index in [0.717, 1.165) is 26.1 Å². The van der Waals surface area contributed by atoms with Gasteiger partial charge in [-0.05, 0) is 26.7 Å². The first kappa shape index (κ1) is 13.0. The molecule has 17 heavy (non-hydrogen) atoms. The van der Waals surface area contributed by atoms with Crippen molar-refractivity contribution in [2.75, 3.05) is 13.2 Å². The number of nitrogens with one attached hydrogen (secondary N) is 1. The molecule has 1 fully saturated rings. The maximum absolute atomic E-state index is 5.58. The smallest absolute Gasteiger partial charge is 0.113 e. The molecule has 0 aliphatic carbocycles. The molecule has 1 aromatic rings. The van der Waals surface area contributed by atoms with Gasteiger partial charge in [-0.2, -0.15) is 0 Å². The Morgan fingerprint density at radius 1 is 1.65 bits per heavy atom. The predicted octanol–water partition coefficient (Wildman–Crippen LogP) is 2.78. The summed E-state index contributed by atoms with van der Waals surface area (Å²) in [6, 6.07) is 0.458. The van der Waals surface area contributed by atoms with Crippen molar-refractivity contribution >= 4 is 11.3 Å². The summed E-state index contributed by atoms with van der Waals surface area (Å²) in [6.45, 7) is 8.39. The Morgan fingerprint density at radius 2 is 2.47 bits per heavy atom. The van der Waals surface area contributed by atoms with Crippen LogP contribution in [0.25, 0.3) is 0 Å². The van der Waals surface area contributed by atoms with Gasteiger partial charge < -0.3 is 10.1 Å². The first-order chi connectivity index (χ1) is 8.19. The number of nitrogens with zero attached hydrogens (tertiary/aromatic N) is 1. The third-order valence-corrected chi connectivity index (χ3v) is 4.50. The van der Waals surface area contributed by atoms with Crippen LogP contribution < -0.4 is 5.32 Å². The highest BCUT2D eigenvalue weighted by atomic mass is 32.1. The molecule has 2 atom stereocenters. The van der Waals surface area contributed by atoms with Crippen LogP contribution in [0.1, 0.15) is 38.6 Å². The molecule has 1 aliphatic rings. The third kappa shape index (κ3) is 2.54. The standard InChI is InChI=1S/C13H22N2OS/c1-4-13(15-10(2)3,11-5-7-16-9-11)12-14-6-8-17-12/h6,8,10-11,15H,4-5,7,9H2,1-3H3. The molecule has 1 aliphatic heterocycles. The molecule has 1 saturated heterocycles. The van der Waals surface area contributed by atoms with Crippen molar-refractivity contribution in [1.29, 1.82) is 0 Å². The van der Waals surface area contributed by atoms with E-state index in [2.05, 4.69) is 36.5 Å². The summed E-state index contributed by atoms with van der Waals surface area (Å²) in [5.41, 5.74) is -0.00116. The van der Waals surface area contributed by atoms with E-state index < -0.39 is 0 Å². The molecular weight excluding hydrogens is 232 g/mol. The Hall–Kier alpha value is -0.450. The van der Waals surface area contributed by atoms with Crippen LogP contribution in [0.2, 0.25) is 0 Å². The van der Waals surface area contributed by atoms with Crippen molar-refractivity contribution in [2.45, 2.75) is 45.2 Å². The average molecular weight is 254 g/mol. The van der Waals surface area contributed by atoms with E-state index in [-0.39, 0.29) is 5.54 Å². The SMILES string of the molecule is CCC(NC(C)C)(c1nccs1)C1CCOC1. The van der Waals surface area contributed by atoms with E-state index in [1.807, 2.05) is 6.20 Å². The minimum Gasteiger partial charge on any atom is -0.381 e. The minimum absolute atomic E-state index is 0.00116. The van der Waals surface area contributed by atoms with Crippen molar-refractivity contribution in [3.63, 3.8) is 0 Å². The predicted molar refractivity (Wildman–Crippen MR) is 71.3 cm³/mol. The molecule has 0 amide bonds. The van der Waals surface area contributed by atoms with Crippen LogP contribution in [0, 0.1) is 5.92 Å². The van der Waals surface area contributed by atoms with Crippen LogP contribution >= 0.6 is 11.3 Å². The van der Waals surface area contributed by atoms with Gasteiger partial charge in [-0.1, -0.05) is 6.92 Å². The Morgan fingerprint density at radius 3 is 2.94 bits per heavy atom. The molecule has 2 unspecified atom stereocenters. The van der Waals surface area contributed by atoms with E-state index >= 15 is 0 Å². The lowest BCUT2D eigenvalue weighted by molar-refractivity contribution is 0.134. The lowest BCUT2D eigenvalue weighted by Gasteiger charge is -2.38. The third-order valence-electron chi connectivity index (χ3n) is 3.54. The molecule has 4 heteroatoms. The van der Waals surface area contributed by atoms with Crippen molar-refractivity contribution in [1.82, 2.24) is 10.3 Å². The van der Waals surface area contributed by atoms with Gasteiger partial charge in [-0.25, -0.2) is 4.98 Å². The van der Waals surface area contributed by atoms with Gasteiger partial charge in [-0.3, -0.25) is 0 Å². The Balaban J connectivity index is 2.31. The van der Waals surface area contributed by atoms with Crippen LogP contribution in [0.3, 0.4) is 0 Å². The van der Waals surface area contributed by atoms with E-state index in [4.69, 9.17) is 4.74 Å². The summed E-state index contributed by atoms with van der Waals surface area (Å²) in [4.78, 5) is 4.56. The fourth-order valence-corrected chi connectivity index (χ4v) is 3.73. The van der Waals surface area contributed by atoms with Gasteiger partial charge in [0.15, 0.2) is 0 Å². The van der Waals surface area contributed by atoms with Crippen molar-refractivity contribution in [2.24, 2.45) is 5.92 Å². The van der Waals surface area contributed by atoms with Gasteiger partial charge in [-0.15, -0.1) is 11.3 Å². The molecule has 0 saturated carbocycles. The van der Waals surface area contributed by atoms with E-state index in [1.54, 1.807) is 11.3 Å². The van der Waals surface area contributed by atoms with Crippen LogP contribution in [-0.2, 0) is 10.3 Å². The first-order valence-corrected chi connectivity index (χ1v) is 7.32.